The smallest absolute Gasteiger partial charge is 0.345 e. The quantitative estimate of drug-likeness (QED) is 0.751. The maximum atomic E-state index is 11.8. The molecule has 0 aliphatic heterocycles. The van der Waals surface area contributed by atoms with Crippen LogP contribution >= 0.6 is 11.3 Å². The maximum absolute atomic E-state index is 11.8. The molecule has 0 amide bonds. The van der Waals surface area contributed by atoms with E-state index >= 15 is 0 Å². The number of aromatic carboxylic acids is 1. The van der Waals surface area contributed by atoms with Crippen LogP contribution in [0.25, 0.3) is 0 Å². The fourth-order valence-corrected chi connectivity index (χ4v) is 3.54. The SMILES string of the molecule is COC(=O)CNS(=O)(=O)c1cc(C(=O)O)sc1C. The number of carboxylic acids is 1. The van der Waals surface area contributed by atoms with Gasteiger partial charge in [0.2, 0.25) is 10.0 Å². The molecule has 9 heteroatoms. The average molecular weight is 293 g/mol. The number of nitrogens with one attached hydrogen (secondary N) is 1. The van der Waals surface area contributed by atoms with Crippen molar-refractivity contribution in [2.45, 2.75) is 11.8 Å². The fourth-order valence-electron chi connectivity index (χ4n) is 1.14. The molecule has 0 aliphatic rings. The van der Waals surface area contributed by atoms with Gasteiger partial charge in [0.25, 0.3) is 0 Å². The summed E-state index contributed by atoms with van der Waals surface area (Å²) in [5.74, 6) is -1.93. The predicted molar refractivity (Wildman–Crippen MR) is 63.2 cm³/mol. The van der Waals surface area contributed by atoms with Crippen LogP contribution in [0.15, 0.2) is 11.0 Å². The lowest BCUT2D eigenvalue weighted by molar-refractivity contribution is -0.139. The van der Waals surface area contributed by atoms with E-state index in [-0.39, 0.29) is 9.77 Å². The third-order valence-corrected chi connectivity index (χ3v) is 4.70. The van der Waals surface area contributed by atoms with Crippen LogP contribution in [0.1, 0.15) is 14.5 Å². The molecule has 2 N–H and O–H groups in total. The van der Waals surface area contributed by atoms with Crippen LogP contribution in [-0.2, 0) is 19.6 Å². The highest BCUT2D eigenvalue weighted by atomic mass is 32.2. The van der Waals surface area contributed by atoms with Crippen LogP contribution in [0.2, 0.25) is 0 Å². The molecule has 0 spiro atoms. The molecule has 1 heterocycles. The highest BCUT2D eigenvalue weighted by Gasteiger charge is 2.22. The van der Waals surface area contributed by atoms with Gasteiger partial charge in [0.05, 0.1) is 12.0 Å². The van der Waals surface area contributed by atoms with Gasteiger partial charge in [-0.2, -0.15) is 4.72 Å². The molecular weight excluding hydrogens is 282 g/mol. The zero-order valence-electron chi connectivity index (χ0n) is 9.59. The predicted octanol–water partition coefficient (Wildman–Crippen LogP) is 0.206. The summed E-state index contributed by atoms with van der Waals surface area (Å²) in [7, 11) is -2.78. The van der Waals surface area contributed by atoms with E-state index in [9.17, 15) is 18.0 Å². The molecule has 0 unspecified atom stereocenters. The van der Waals surface area contributed by atoms with Crippen LogP contribution in [0.3, 0.4) is 0 Å². The van der Waals surface area contributed by atoms with Crippen molar-refractivity contribution < 1.29 is 27.9 Å². The second-order valence-corrected chi connectivity index (χ2v) is 6.23. The molecule has 18 heavy (non-hydrogen) atoms. The van der Waals surface area contributed by atoms with E-state index in [1.807, 2.05) is 4.72 Å². The minimum Gasteiger partial charge on any atom is -0.477 e. The Balaban J connectivity index is 2.98. The summed E-state index contributed by atoms with van der Waals surface area (Å²) in [5, 5.41) is 8.77. The number of hydrogen-bond donors (Lipinski definition) is 2. The van der Waals surface area contributed by atoms with Crippen LogP contribution in [-0.4, -0.2) is 39.1 Å². The Labute approximate surface area is 107 Å². The topological polar surface area (TPSA) is 110 Å². The largest absolute Gasteiger partial charge is 0.477 e. The van der Waals surface area contributed by atoms with Crippen molar-refractivity contribution in [3.63, 3.8) is 0 Å². The summed E-state index contributed by atoms with van der Waals surface area (Å²) in [6.45, 7) is 0.986. The van der Waals surface area contributed by atoms with E-state index in [1.165, 1.54) is 6.92 Å². The molecule has 0 saturated heterocycles. The molecule has 0 radical (unpaired) electrons. The molecule has 7 nitrogen and oxygen atoms in total. The maximum Gasteiger partial charge on any atom is 0.345 e. The minimum atomic E-state index is -3.91. The van der Waals surface area contributed by atoms with Crippen LogP contribution in [0.4, 0.5) is 0 Å². The Morgan fingerprint density at radius 3 is 2.56 bits per heavy atom. The lowest BCUT2D eigenvalue weighted by Crippen LogP contribution is -2.30. The van der Waals surface area contributed by atoms with Crippen molar-refractivity contribution in [2.75, 3.05) is 13.7 Å². The molecule has 0 aliphatic carbocycles. The number of esters is 1. The molecule has 0 fully saturated rings. The van der Waals surface area contributed by atoms with E-state index in [1.54, 1.807) is 0 Å². The summed E-state index contributed by atoms with van der Waals surface area (Å²) in [5.41, 5.74) is 0. The van der Waals surface area contributed by atoms with Gasteiger partial charge in [-0.15, -0.1) is 11.3 Å². The second-order valence-electron chi connectivity index (χ2n) is 3.24. The van der Waals surface area contributed by atoms with Gasteiger partial charge in [-0.25, -0.2) is 13.2 Å². The first-order valence-corrected chi connectivity index (χ1v) is 6.98. The summed E-state index contributed by atoms with van der Waals surface area (Å²) in [6, 6.07) is 1.06. The Morgan fingerprint density at radius 2 is 2.11 bits per heavy atom. The normalized spacial score (nSPS) is 11.2. The summed E-state index contributed by atoms with van der Waals surface area (Å²) >= 11 is 0.854. The van der Waals surface area contributed by atoms with Gasteiger partial charge in [0.1, 0.15) is 11.4 Å². The number of thiophene rings is 1. The van der Waals surface area contributed by atoms with Crippen LogP contribution < -0.4 is 4.72 Å². The van der Waals surface area contributed by atoms with Crippen molar-refractivity contribution in [1.29, 1.82) is 0 Å². The highest BCUT2D eigenvalue weighted by Crippen LogP contribution is 2.25. The number of hydrogen-bond acceptors (Lipinski definition) is 6. The van der Waals surface area contributed by atoms with Gasteiger partial charge in [-0.3, -0.25) is 4.79 Å². The minimum absolute atomic E-state index is 0.0778. The molecule has 1 rings (SSSR count). The van der Waals surface area contributed by atoms with Gasteiger partial charge >= 0.3 is 11.9 Å². The summed E-state index contributed by atoms with van der Waals surface area (Å²) in [6.07, 6.45) is 0. The summed E-state index contributed by atoms with van der Waals surface area (Å²) in [4.78, 5) is 21.7. The first-order valence-electron chi connectivity index (χ1n) is 4.68. The molecule has 1 aromatic heterocycles. The Hall–Kier alpha value is -1.45. The van der Waals surface area contributed by atoms with Crippen molar-refractivity contribution in [3.8, 4) is 0 Å². The third kappa shape index (κ3) is 3.28. The number of methoxy groups -OCH3 is 1. The molecule has 0 saturated carbocycles. The number of rotatable bonds is 5. The Kier molecular flexibility index (Phi) is 4.43. The zero-order valence-corrected chi connectivity index (χ0v) is 11.2. The van der Waals surface area contributed by atoms with Gasteiger partial charge in [0, 0.05) is 4.88 Å². The first-order chi connectivity index (χ1) is 8.27. The standard InChI is InChI=1S/C9H11NO6S2/c1-5-7(3-6(17-5)9(12)13)18(14,15)10-4-8(11)16-2/h3,10H,4H2,1-2H3,(H,12,13). The van der Waals surface area contributed by atoms with Crippen molar-refractivity contribution in [2.24, 2.45) is 0 Å². The van der Waals surface area contributed by atoms with Gasteiger partial charge in [-0.1, -0.05) is 0 Å². The third-order valence-electron chi connectivity index (χ3n) is 2.01. The molecule has 0 bridgehead atoms. The lowest BCUT2D eigenvalue weighted by atomic mass is 10.4. The van der Waals surface area contributed by atoms with Crippen molar-refractivity contribution >= 4 is 33.3 Å². The van der Waals surface area contributed by atoms with Crippen LogP contribution in [0.5, 0.6) is 0 Å². The second kappa shape index (κ2) is 5.46. The van der Waals surface area contributed by atoms with E-state index < -0.39 is 28.5 Å². The average Bonchev–Trinajstić information content (AvgIpc) is 2.69. The first kappa shape index (κ1) is 14.6. The number of ether oxygens (including phenoxy) is 1. The van der Waals surface area contributed by atoms with E-state index in [4.69, 9.17) is 5.11 Å². The number of aryl methyl sites for hydroxylation is 1. The van der Waals surface area contributed by atoms with Gasteiger partial charge < -0.3 is 9.84 Å². The van der Waals surface area contributed by atoms with Crippen molar-refractivity contribution in [1.82, 2.24) is 4.72 Å². The van der Waals surface area contributed by atoms with Crippen LogP contribution in [0, 0.1) is 6.92 Å². The van der Waals surface area contributed by atoms with E-state index in [2.05, 4.69) is 4.74 Å². The van der Waals surface area contributed by atoms with Crippen molar-refractivity contribution in [3.05, 3.63) is 15.8 Å². The highest BCUT2D eigenvalue weighted by molar-refractivity contribution is 7.89. The Bertz CT molecular complexity index is 574. The lowest BCUT2D eigenvalue weighted by Gasteiger charge is -2.04. The molecule has 0 aromatic carbocycles. The van der Waals surface area contributed by atoms with E-state index in [0.717, 1.165) is 24.5 Å². The monoisotopic (exact) mass is 293 g/mol. The number of carboxylic acid groups (broad SMARTS) is 1. The Morgan fingerprint density at radius 1 is 1.50 bits per heavy atom. The molecule has 1 aromatic rings. The zero-order chi connectivity index (χ0) is 13.9. The molecule has 100 valence electrons. The summed E-state index contributed by atoms with van der Waals surface area (Å²) < 4.78 is 29.9. The van der Waals surface area contributed by atoms with Gasteiger partial charge in [0.15, 0.2) is 0 Å². The number of carbonyl (C=O) groups is 2. The molecular formula is C9H11NO6S2. The van der Waals surface area contributed by atoms with Gasteiger partial charge in [-0.05, 0) is 13.0 Å². The number of sulfonamides is 1. The molecule has 0 atom stereocenters. The fraction of sp³-hybridized carbons (Fsp3) is 0.333. The number of carbonyl (C=O) groups excluding carboxylic acids is 1. The van der Waals surface area contributed by atoms with E-state index in [0.29, 0.717) is 4.88 Å².